The Morgan fingerprint density at radius 3 is 3.00 bits per heavy atom. The van der Waals surface area contributed by atoms with E-state index in [9.17, 15) is 0 Å². The van der Waals surface area contributed by atoms with Crippen LogP contribution in [0.25, 0.3) is 0 Å². The summed E-state index contributed by atoms with van der Waals surface area (Å²) in [6.07, 6.45) is 1.21. The summed E-state index contributed by atoms with van der Waals surface area (Å²) in [5.74, 6) is 0. The smallest absolute Gasteiger partial charge is 0.0513 e. The Morgan fingerprint density at radius 1 is 1.44 bits per heavy atom. The largest absolute Gasteiger partial charge is 0.367 e. The first-order valence-corrected chi connectivity index (χ1v) is 6.71. The third-order valence-electron chi connectivity index (χ3n) is 3.14. The lowest BCUT2D eigenvalue weighted by Crippen LogP contribution is -2.37. The number of hydrogen-bond donors (Lipinski definition) is 1. The molecule has 1 N–H and O–H groups in total. The fourth-order valence-corrected chi connectivity index (χ4v) is 2.94. The van der Waals surface area contributed by atoms with E-state index in [1.165, 1.54) is 22.1 Å². The summed E-state index contributed by atoms with van der Waals surface area (Å²) < 4.78 is 1.21. The number of anilines is 1. The summed E-state index contributed by atoms with van der Waals surface area (Å²) in [5.41, 5.74) is 2.62. The summed E-state index contributed by atoms with van der Waals surface area (Å²) in [4.78, 5) is 2.49. The number of benzene rings is 1. The Balaban J connectivity index is 2.27. The van der Waals surface area contributed by atoms with Crippen molar-refractivity contribution in [2.75, 3.05) is 24.5 Å². The molecule has 0 bridgehead atoms. The summed E-state index contributed by atoms with van der Waals surface area (Å²) in [6, 6.07) is 7.16. The molecular formula is C13H19BrN2. The predicted molar refractivity (Wildman–Crippen MR) is 73.2 cm³/mol. The summed E-state index contributed by atoms with van der Waals surface area (Å²) in [6.45, 7) is 7.74. The van der Waals surface area contributed by atoms with Crippen LogP contribution < -0.4 is 10.2 Å². The molecule has 1 unspecified atom stereocenters. The lowest BCUT2D eigenvalue weighted by atomic mass is 10.2. The van der Waals surface area contributed by atoms with E-state index in [2.05, 4.69) is 58.2 Å². The maximum Gasteiger partial charge on any atom is 0.0513 e. The van der Waals surface area contributed by atoms with Crippen LogP contribution in [0.5, 0.6) is 0 Å². The molecule has 88 valence electrons. The van der Waals surface area contributed by atoms with Gasteiger partial charge in [-0.15, -0.1) is 0 Å². The molecule has 2 rings (SSSR count). The zero-order chi connectivity index (χ0) is 11.5. The van der Waals surface area contributed by atoms with Gasteiger partial charge in [0.25, 0.3) is 0 Å². The lowest BCUT2D eigenvalue weighted by molar-refractivity contribution is 0.629. The van der Waals surface area contributed by atoms with Crippen molar-refractivity contribution in [1.82, 2.24) is 5.32 Å². The van der Waals surface area contributed by atoms with E-state index < -0.39 is 0 Å². The van der Waals surface area contributed by atoms with Crippen molar-refractivity contribution in [3.63, 3.8) is 0 Å². The molecule has 1 aliphatic heterocycles. The number of nitrogens with one attached hydrogen (secondary N) is 1. The van der Waals surface area contributed by atoms with Crippen molar-refractivity contribution in [1.29, 1.82) is 0 Å². The van der Waals surface area contributed by atoms with Gasteiger partial charge in [0, 0.05) is 23.6 Å². The van der Waals surface area contributed by atoms with E-state index in [0.29, 0.717) is 6.04 Å². The summed E-state index contributed by atoms with van der Waals surface area (Å²) in [5, 5.41) is 3.47. The Bertz CT molecular complexity index is 365. The van der Waals surface area contributed by atoms with E-state index in [1.54, 1.807) is 0 Å². The molecule has 1 aromatic rings. The molecule has 1 aromatic carbocycles. The molecule has 2 nitrogen and oxygen atoms in total. The molecule has 1 aliphatic rings. The molecule has 0 aromatic heterocycles. The summed E-state index contributed by atoms with van der Waals surface area (Å²) >= 11 is 3.67. The van der Waals surface area contributed by atoms with Crippen molar-refractivity contribution in [3.05, 3.63) is 28.2 Å². The van der Waals surface area contributed by atoms with Crippen LogP contribution in [0.2, 0.25) is 0 Å². The number of aryl methyl sites for hydroxylation is 1. The van der Waals surface area contributed by atoms with Gasteiger partial charge in [-0.1, -0.05) is 6.07 Å². The minimum absolute atomic E-state index is 0.557. The molecule has 1 atom stereocenters. The van der Waals surface area contributed by atoms with Crippen LogP contribution in [0.4, 0.5) is 5.69 Å². The third-order valence-corrected chi connectivity index (χ3v) is 3.77. The van der Waals surface area contributed by atoms with Gasteiger partial charge < -0.3 is 10.2 Å². The monoisotopic (exact) mass is 282 g/mol. The molecule has 0 radical (unpaired) electrons. The number of rotatable bonds is 1. The minimum Gasteiger partial charge on any atom is -0.367 e. The van der Waals surface area contributed by atoms with Gasteiger partial charge in [-0.3, -0.25) is 0 Å². The van der Waals surface area contributed by atoms with Gasteiger partial charge in [0.2, 0.25) is 0 Å². The first-order valence-electron chi connectivity index (χ1n) is 5.92. The number of halogens is 1. The van der Waals surface area contributed by atoms with Crippen LogP contribution in [0.15, 0.2) is 22.7 Å². The molecule has 0 aliphatic carbocycles. The fraction of sp³-hybridized carbons (Fsp3) is 0.538. The van der Waals surface area contributed by atoms with E-state index in [1.807, 2.05) is 0 Å². The first-order chi connectivity index (χ1) is 7.68. The van der Waals surface area contributed by atoms with Crippen LogP contribution in [-0.2, 0) is 0 Å². The highest BCUT2D eigenvalue weighted by molar-refractivity contribution is 9.10. The number of hydrogen-bond acceptors (Lipinski definition) is 2. The van der Waals surface area contributed by atoms with Crippen LogP contribution in [0.3, 0.4) is 0 Å². The van der Waals surface area contributed by atoms with Gasteiger partial charge in [0.15, 0.2) is 0 Å². The first kappa shape index (κ1) is 11.9. The van der Waals surface area contributed by atoms with E-state index in [0.717, 1.165) is 19.6 Å². The standard InChI is InChI=1S/C13H19BrN2/c1-10-4-5-13(12(14)8-10)16-7-3-6-15-9-11(16)2/h4-5,8,11,15H,3,6-7,9H2,1-2H3. The zero-order valence-corrected chi connectivity index (χ0v) is 11.5. The topological polar surface area (TPSA) is 15.3 Å². The van der Waals surface area contributed by atoms with Gasteiger partial charge in [0.1, 0.15) is 0 Å². The molecular weight excluding hydrogens is 264 g/mol. The maximum absolute atomic E-state index is 3.67. The fourth-order valence-electron chi connectivity index (χ4n) is 2.22. The Kier molecular flexibility index (Phi) is 3.87. The van der Waals surface area contributed by atoms with Crippen molar-refractivity contribution in [2.45, 2.75) is 26.3 Å². The second-order valence-electron chi connectivity index (χ2n) is 4.55. The van der Waals surface area contributed by atoms with Crippen molar-refractivity contribution in [3.8, 4) is 0 Å². The zero-order valence-electron chi connectivity index (χ0n) is 9.96. The second-order valence-corrected chi connectivity index (χ2v) is 5.41. The highest BCUT2D eigenvalue weighted by Crippen LogP contribution is 2.29. The van der Waals surface area contributed by atoms with E-state index in [4.69, 9.17) is 0 Å². The van der Waals surface area contributed by atoms with Crippen molar-refractivity contribution < 1.29 is 0 Å². The van der Waals surface area contributed by atoms with E-state index >= 15 is 0 Å². The van der Waals surface area contributed by atoms with Crippen LogP contribution in [0, 0.1) is 6.92 Å². The molecule has 0 saturated carbocycles. The Labute approximate surface area is 106 Å². The Hall–Kier alpha value is -0.540. The molecule has 1 fully saturated rings. The summed E-state index contributed by atoms with van der Waals surface area (Å²) in [7, 11) is 0. The average molecular weight is 283 g/mol. The average Bonchev–Trinajstić information content (AvgIpc) is 2.44. The molecule has 1 heterocycles. The van der Waals surface area contributed by atoms with Gasteiger partial charge >= 0.3 is 0 Å². The highest BCUT2D eigenvalue weighted by Gasteiger charge is 2.18. The third kappa shape index (κ3) is 2.58. The minimum atomic E-state index is 0.557. The molecule has 1 saturated heterocycles. The predicted octanol–water partition coefficient (Wildman–Crippen LogP) is 2.95. The number of nitrogens with zero attached hydrogens (tertiary/aromatic N) is 1. The van der Waals surface area contributed by atoms with Crippen LogP contribution in [-0.4, -0.2) is 25.7 Å². The quantitative estimate of drug-likeness (QED) is 0.852. The van der Waals surface area contributed by atoms with Gasteiger partial charge in [-0.25, -0.2) is 0 Å². The molecule has 0 amide bonds. The second kappa shape index (κ2) is 5.19. The Morgan fingerprint density at radius 2 is 2.25 bits per heavy atom. The van der Waals surface area contributed by atoms with Crippen molar-refractivity contribution in [2.24, 2.45) is 0 Å². The van der Waals surface area contributed by atoms with Gasteiger partial charge in [0.05, 0.1) is 5.69 Å². The normalized spacial score (nSPS) is 21.9. The van der Waals surface area contributed by atoms with Crippen LogP contribution in [0.1, 0.15) is 18.9 Å². The van der Waals surface area contributed by atoms with Crippen LogP contribution >= 0.6 is 15.9 Å². The molecule has 0 spiro atoms. The van der Waals surface area contributed by atoms with Gasteiger partial charge in [-0.05, 0) is 60.4 Å². The van der Waals surface area contributed by atoms with Gasteiger partial charge in [-0.2, -0.15) is 0 Å². The SMILES string of the molecule is Cc1ccc(N2CCCNCC2C)c(Br)c1. The molecule has 16 heavy (non-hydrogen) atoms. The lowest BCUT2D eigenvalue weighted by Gasteiger charge is -2.30. The van der Waals surface area contributed by atoms with E-state index in [-0.39, 0.29) is 0 Å². The van der Waals surface area contributed by atoms with Crippen molar-refractivity contribution >= 4 is 21.6 Å². The molecule has 3 heteroatoms. The highest BCUT2D eigenvalue weighted by atomic mass is 79.9. The maximum atomic E-state index is 3.67.